The highest BCUT2D eigenvalue weighted by atomic mass is 19.3. The number of hydrogen-bond donors (Lipinski definition) is 0. The Hall–Kier alpha value is -1.76. The molecule has 2 atom stereocenters. The second kappa shape index (κ2) is 7.37. The van der Waals surface area contributed by atoms with Gasteiger partial charge in [0.05, 0.1) is 0 Å². The van der Waals surface area contributed by atoms with Crippen LogP contribution in [0.4, 0.5) is 31.1 Å². The molecule has 5 aliphatic rings. The van der Waals surface area contributed by atoms with Crippen molar-refractivity contribution in [1.29, 1.82) is 0 Å². The molecule has 0 aromatic carbocycles. The molecular weight excluding hydrogens is 454 g/mol. The van der Waals surface area contributed by atoms with Crippen LogP contribution in [0.5, 0.6) is 0 Å². The predicted octanol–water partition coefficient (Wildman–Crippen LogP) is 3.89. The van der Waals surface area contributed by atoms with Crippen molar-refractivity contribution in [3.63, 3.8) is 0 Å². The van der Waals surface area contributed by atoms with Gasteiger partial charge in [0.1, 0.15) is 18.8 Å². The molecule has 7 nitrogen and oxygen atoms in total. The van der Waals surface area contributed by atoms with Crippen molar-refractivity contribution >= 4 is 12.1 Å². The van der Waals surface area contributed by atoms with E-state index < -0.39 is 73.1 Å². The van der Waals surface area contributed by atoms with E-state index >= 15 is 0 Å². The Bertz CT molecular complexity index is 747. The number of carbonyl (C=O) groups is 2. The number of esters is 1. The Morgan fingerprint density at radius 1 is 0.938 bits per heavy atom. The van der Waals surface area contributed by atoms with E-state index in [0.717, 1.165) is 0 Å². The molecule has 4 bridgehead atoms. The summed E-state index contributed by atoms with van der Waals surface area (Å²) in [5.74, 6) is -17.1. The summed E-state index contributed by atoms with van der Waals surface area (Å²) in [4.78, 5) is 23.1. The van der Waals surface area contributed by atoms with E-state index in [2.05, 4.69) is 9.47 Å². The Morgan fingerprint density at radius 2 is 1.47 bits per heavy atom. The summed E-state index contributed by atoms with van der Waals surface area (Å²) < 4.78 is 106. The van der Waals surface area contributed by atoms with Gasteiger partial charge in [-0.1, -0.05) is 0 Å². The van der Waals surface area contributed by atoms with E-state index in [-0.39, 0.29) is 18.8 Å². The molecule has 1 aliphatic heterocycles. The molecule has 0 amide bonds. The number of hydrogen-bond acceptors (Lipinski definition) is 7. The van der Waals surface area contributed by atoms with Crippen molar-refractivity contribution in [1.82, 2.24) is 0 Å². The molecule has 32 heavy (non-hydrogen) atoms. The standard InChI is InChI=1S/C19H22F6O7/c1-15(20,21)13(26)28-9-29-14(27)32-16-4-10-2-11(5-16)19(12(3-10)6-16)30-7-17(22,23)18(24,25)8-31-19/h10-12H,2-9H2,1H3. The first-order valence-corrected chi connectivity index (χ1v) is 10.1. The summed E-state index contributed by atoms with van der Waals surface area (Å²) in [6.45, 7) is -3.72. The lowest BCUT2D eigenvalue weighted by atomic mass is 9.51. The number of ether oxygens (including phenoxy) is 5. The summed E-state index contributed by atoms with van der Waals surface area (Å²) in [7, 11) is 0. The van der Waals surface area contributed by atoms with Crippen LogP contribution in [0.3, 0.4) is 0 Å². The normalized spacial score (nSPS) is 36.4. The van der Waals surface area contributed by atoms with Gasteiger partial charge in [-0.3, -0.25) is 0 Å². The lowest BCUT2D eigenvalue weighted by molar-refractivity contribution is -0.354. The van der Waals surface area contributed by atoms with Crippen LogP contribution in [-0.2, 0) is 28.5 Å². The van der Waals surface area contributed by atoms with Crippen LogP contribution in [0.1, 0.15) is 39.0 Å². The highest BCUT2D eigenvalue weighted by Crippen LogP contribution is 2.63. The van der Waals surface area contributed by atoms with Gasteiger partial charge in [-0.15, -0.1) is 0 Å². The van der Waals surface area contributed by atoms with Crippen LogP contribution >= 0.6 is 0 Å². The maximum atomic E-state index is 13.8. The van der Waals surface area contributed by atoms with E-state index in [9.17, 15) is 35.9 Å². The first-order valence-electron chi connectivity index (χ1n) is 10.1. The third kappa shape index (κ3) is 3.91. The summed E-state index contributed by atoms with van der Waals surface area (Å²) in [5, 5.41) is 0. The van der Waals surface area contributed by atoms with Gasteiger partial charge in [-0.25, -0.2) is 9.59 Å². The molecule has 1 spiro atoms. The van der Waals surface area contributed by atoms with Gasteiger partial charge in [-0.05, 0) is 38.0 Å². The van der Waals surface area contributed by atoms with Crippen LogP contribution in [0.25, 0.3) is 0 Å². The second-order valence-corrected chi connectivity index (χ2v) is 9.17. The topological polar surface area (TPSA) is 80.3 Å². The van der Waals surface area contributed by atoms with E-state index in [1.54, 1.807) is 0 Å². The molecule has 4 saturated carbocycles. The number of alkyl halides is 6. The molecule has 5 fully saturated rings. The van der Waals surface area contributed by atoms with Crippen molar-refractivity contribution in [3.05, 3.63) is 0 Å². The fraction of sp³-hybridized carbons (Fsp3) is 0.895. The average molecular weight is 476 g/mol. The molecular formula is C19H22F6O7. The minimum absolute atomic E-state index is 0.0269. The Morgan fingerprint density at radius 3 is 1.97 bits per heavy atom. The molecule has 0 aromatic rings. The highest BCUT2D eigenvalue weighted by molar-refractivity contribution is 5.76. The fourth-order valence-electron chi connectivity index (χ4n) is 5.58. The molecule has 0 aromatic heterocycles. The van der Waals surface area contributed by atoms with Crippen molar-refractivity contribution in [2.75, 3.05) is 20.0 Å². The van der Waals surface area contributed by atoms with E-state index in [4.69, 9.17) is 14.2 Å². The fourth-order valence-corrected chi connectivity index (χ4v) is 5.58. The van der Waals surface area contributed by atoms with E-state index in [1.807, 2.05) is 0 Å². The van der Waals surface area contributed by atoms with Crippen molar-refractivity contribution < 1.29 is 59.6 Å². The smallest absolute Gasteiger partial charge is 0.428 e. The number of rotatable bonds is 4. The molecule has 13 heteroatoms. The molecule has 0 radical (unpaired) electrons. The SMILES string of the molecule is CC(F)(F)C(=O)OCOC(=O)OC12CC3CC(C1)C1(OCC(F)(F)C(F)(F)CO1)C(C3)C2. The third-order valence-corrected chi connectivity index (χ3v) is 6.79. The first kappa shape index (κ1) is 23.4. The Kier molecular flexibility index (Phi) is 5.39. The van der Waals surface area contributed by atoms with Gasteiger partial charge >= 0.3 is 29.9 Å². The molecule has 182 valence electrons. The zero-order valence-corrected chi connectivity index (χ0v) is 17.0. The van der Waals surface area contributed by atoms with Crippen LogP contribution in [0.2, 0.25) is 0 Å². The summed E-state index contributed by atoms with van der Waals surface area (Å²) >= 11 is 0. The van der Waals surface area contributed by atoms with Gasteiger partial charge in [0.2, 0.25) is 6.79 Å². The van der Waals surface area contributed by atoms with Gasteiger partial charge in [0.25, 0.3) is 0 Å². The van der Waals surface area contributed by atoms with Crippen LogP contribution in [0.15, 0.2) is 0 Å². The van der Waals surface area contributed by atoms with Gasteiger partial charge in [0, 0.05) is 18.8 Å². The summed E-state index contributed by atoms with van der Waals surface area (Å²) in [6, 6.07) is 0. The minimum Gasteiger partial charge on any atom is -0.428 e. The van der Waals surface area contributed by atoms with Crippen molar-refractivity contribution in [2.24, 2.45) is 17.8 Å². The zero-order chi connectivity index (χ0) is 23.6. The molecule has 2 unspecified atom stereocenters. The maximum Gasteiger partial charge on any atom is 0.511 e. The lowest BCUT2D eigenvalue weighted by Crippen LogP contribution is -2.66. The number of carbonyl (C=O) groups excluding carboxylic acids is 2. The average Bonchev–Trinajstić information content (AvgIpc) is 2.74. The molecule has 4 aliphatic carbocycles. The molecule has 0 N–H and O–H groups in total. The number of halogens is 6. The van der Waals surface area contributed by atoms with Gasteiger partial charge in [0.15, 0.2) is 5.79 Å². The first-order chi connectivity index (χ1) is 14.7. The van der Waals surface area contributed by atoms with E-state index in [0.29, 0.717) is 26.2 Å². The Labute approximate surface area is 178 Å². The molecule has 1 saturated heterocycles. The minimum atomic E-state index is -4.38. The highest BCUT2D eigenvalue weighted by Gasteiger charge is 2.69. The van der Waals surface area contributed by atoms with Crippen molar-refractivity contribution in [2.45, 2.75) is 68.2 Å². The van der Waals surface area contributed by atoms with Crippen molar-refractivity contribution in [3.8, 4) is 0 Å². The third-order valence-electron chi connectivity index (χ3n) is 6.79. The van der Waals surface area contributed by atoms with Crippen LogP contribution in [0, 0.1) is 17.8 Å². The van der Waals surface area contributed by atoms with Crippen LogP contribution < -0.4 is 0 Å². The maximum absolute atomic E-state index is 13.8. The van der Waals surface area contributed by atoms with Gasteiger partial charge in [-0.2, -0.15) is 26.3 Å². The molecule has 1 heterocycles. The largest absolute Gasteiger partial charge is 0.511 e. The summed E-state index contributed by atoms with van der Waals surface area (Å²) in [6.07, 6.45) is 0.338. The van der Waals surface area contributed by atoms with Gasteiger partial charge < -0.3 is 23.7 Å². The molecule has 5 rings (SSSR count). The van der Waals surface area contributed by atoms with E-state index in [1.165, 1.54) is 0 Å². The predicted molar refractivity (Wildman–Crippen MR) is 90.0 cm³/mol. The Balaban J connectivity index is 1.41. The quantitative estimate of drug-likeness (QED) is 0.346. The summed E-state index contributed by atoms with van der Waals surface area (Å²) in [5.41, 5.74) is -1.07. The second-order valence-electron chi connectivity index (χ2n) is 9.17. The monoisotopic (exact) mass is 476 g/mol. The lowest BCUT2D eigenvalue weighted by Gasteiger charge is -2.62. The van der Waals surface area contributed by atoms with Crippen LogP contribution in [-0.4, -0.2) is 61.3 Å². The zero-order valence-electron chi connectivity index (χ0n) is 17.0.